The van der Waals surface area contributed by atoms with Gasteiger partial charge in [0.2, 0.25) is 0 Å². The molecule has 2 rings (SSSR count). The fourth-order valence-electron chi connectivity index (χ4n) is 2.20. The van der Waals surface area contributed by atoms with E-state index >= 15 is 0 Å². The van der Waals surface area contributed by atoms with Gasteiger partial charge in [-0.2, -0.15) is 0 Å². The van der Waals surface area contributed by atoms with Crippen LogP contribution in [0.5, 0.6) is 5.75 Å². The fraction of sp³-hybridized carbons (Fsp3) is 0.500. The molecule has 1 N–H and O–H groups in total. The summed E-state index contributed by atoms with van der Waals surface area (Å²) in [5.41, 5.74) is 0. The van der Waals surface area contributed by atoms with Crippen molar-refractivity contribution >= 4 is 29.9 Å². The van der Waals surface area contributed by atoms with Crippen LogP contribution in [-0.4, -0.2) is 42.6 Å². The summed E-state index contributed by atoms with van der Waals surface area (Å²) >= 11 is 5.89. The lowest BCUT2D eigenvalue weighted by molar-refractivity contribution is -0.139. The van der Waals surface area contributed by atoms with Crippen molar-refractivity contribution in [3.05, 3.63) is 29.0 Å². The monoisotopic (exact) mass is 336 g/mol. The standard InChI is InChI=1S/C14H18ClFN2O2.ClH/c1-9-8-18(6-5-17-9)14(19)10(2)20-13-4-3-11(16)7-12(13)15;/h3-4,7,9-10,17H,5-6,8H2,1-2H3;1H. The van der Waals surface area contributed by atoms with Gasteiger partial charge in [-0.15, -0.1) is 12.4 Å². The number of benzene rings is 1. The molecule has 21 heavy (non-hydrogen) atoms. The van der Waals surface area contributed by atoms with E-state index in [-0.39, 0.29) is 29.4 Å². The Morgan fingerprint density at radius 3 is 2.90 bits per heavy atom. The zero-order chi connectivity index (χ0) is 14.7. The Bertz CT molecular complexity index is 502. The maximum absolute atomic E-state index is 13.0. The molecule has 0 aliphatic carbocycles. The van der Waals surface area contributed by atoms with Gasteiger partial charge < -0.3 is 15.0 Å². The molecule has 1 aromatic rings. The van der Waals surface area contributed by atoms with Crippen molar-refractivity contribution in [1.29, 1.82) is 0 Å². The summed E-state index contributed by atoms with van der Waals surface area (Å²) < 4.78 is 18.5. The van der Waals surface area contributed by atoms with Gasteiger partial charge in [-0.05, 0) is 32.0 Å². The molecule has 0 bridgehead atoms. The van der Waals surface area contributed by atoms with Gasteiger partial charge in [-0.25, -0.2) is 4.39 Å². The number of amides is 1. The van der Waals surface area contributed by atoms with Crippen LogP contribution >= 0.6 is 24.0 Å². The Balaban J connectivity index is 0.00000220. The normalized spacial score (nSPS) is 19.6. The summed E-state index contributed by atoms with van der Waals surface area (Å²) in [6, 6.07) is 4.13. The summed E-state index contributed by atoms with van der Waals surface area (Å²) in [5.74, 6) is -0.201. The first-order chi connectivity index (χ1) is 9.47. The summed E-state index contributed by atoms with van der Waals surface area (Å²) in [7, 11) is 0. The highest BCUT2D eigenvalue weighted by atomic mass is 35.5. The zero-order valence-electron chi connectivity index (χ0n) is 11.9. The van der Waals surface area contributed by atoms with Gasteiger partial charge in [0.25, 0.3) is 5.91 Å². The van der Waals surface area contributed by atoms with Crippen molar-refractivity contribution < 1.29 is 13.9 Å². The lowest BCUT2D eigenvalue weighted by Crippen LogP contribution is -2.54. The van der Waals surface area contributed by atoms with Gasteiger partial charge in [0, 0.05) is 25.7 Å². The number of piperazine rings is 1. The van der Waals surface area contributed by atoms with Crippen molar-refractivity contribution in [2.24, 2.45) is 0 Å². The molecule has 0 spiro atoms. The van der Waals surface area contributed by atoms with E-state index in [2.05, 4.69) is 5.32 Å². The average Bonchev–Trinajstić information content (AvgIpc) is 2.41. The molecule has 118 valence electrons. The molecule has 1 heterocycles. The van der Waals surface area contributed by atoms with Crippen LogP contribution in [0, 0.1) is 5.82 Å². The molecule has 1 aromatic carbocycles. The molecule has 1 aliphatic heterocycles. The van der Waals surface area contributed by atoms with Crippen LogP contribution in [0.2, 0.25) is 5.02 Å². The van der Waals surface area contributed by atoms with Crippen LogP contribution in [0.1, 0.15) is 13.8 Å². The Hall–Kier alpha value is -1.04. The predicted octanol–water partition coefficient (Wildman–Crippen LogP) is 2.49. The number of carbonyl (C=O) groups is 1. The Labute approximate surface area is 135 Å². The third kappa shape index (κ3) is 4.73. The van der Waals surface area contributed by atoms with E-state index in [1.165, 1.54) is 18.2 Å². The first-order valence-corrected chi connectivity index (χ1v) is 6.99. The van der Waals surface area contributed by atoms with Gasteiger partial charge in [0.05, 0.1) is 5.02 Å². The zero-order valence-corrected chi connectivity index (χ0v) is 13.5. The smallest absolute Gasteiger partial charge is 0.263 e. The topological polar surface area (TPSA) is 41.6 Å². The summed E-state index contributed by atoms with van der Waals surface area (Å²) in [6.45, 7) is 5.80. The molecule has 1 amide bonds. The molecular formula is C14H19Cl2FN2O2. The van der Waals surface area contributed by atoms with Crippen molar-refractivity contribution in [3.8, 4) is 5.75 Å². The Morgan fingerprint density at radius 1 is 1.57 bits per heavy atom. The highest BCUT2D eigenvalue weighted by Gasteiger charge is 2.26. The van der Waals surface area contributed by atoms with Crippen LogP contribution in [0.4, 0.5) is 4.39 Å². The molecule has 0 saturated carbocycles. The quantitative estimate of drug-likeness (QED) is 0.921. The van der Waals surface area contributed by atoms with Crippen LogP contribution in [0.25, 0.3) is 0 Å². The molecule has 1 fully saturated rings. The summed E-state index contributed by atoms with van der Waals surface area (Å²) in [4.78, 5) is 14.0. The molecule has 0 aromatic heterocycles. The van der Waals surface area contributed by atoms with Crippen LogP contribution in [-0.2, 0) is 4.79 Å². The van der Waals surface area contributed by atoms with Crippen molar-refractivity contribution in [2.45, 2.75) is 26.0 Å². The first-order valence-electron chi connectivity index (χ1n) is 6.61. The van der Waals surface area contributed by atoms with E-state index in [0.717, 1.165) is 6.54 Å². The second-order valence-electron chi connectivity index (χ2n) is 4.97. The lowest BCUT2D eigenvalue weighted by Gasteiger charge is -2.33. The lowest BCUT2D eigenvalue weighted by atomic mass is 10.2. The van der Waals surface area contributed by atoms with Crippen molar-refractivity contribution in [1.82, 2.24) is 10.2 Å². The van der Waals surface area contributed by atoms with Crippen molar-refractivity contribution in [3.63, 3.8) is 0 Å². The second kappa shape index (κ2) is 7.82. The SMILES string of the molecule is CC1CN(C(=O)C(C)Oc2ccc(F)cc2Cl)CCN1.Cl. The minimum absolute atomic E-state index is 0. The van der Waals surface area contributed by atoms with Gasteiger partial charge in [-0.3, -0.25) is 4.79 Å². The van der Waals surface area contributed by atoms with Gasteiger partial charge in [0.15, 0.2) is 6.10 Å². The number of hydrogen-bond acceptors (Lipinski definition) is 3. The fourth-order valence-corrected chi connectivity index (χ4v) is 2.41. The third-order valence-corrected chi connectivity index (χ3v) is 3.52. The van der Waals surface area contributed by atoms with E-state index in [1.807, 2.05) is 6.92 Å². The highest BCUT2D eigenvalue weighted by Crippen LogP contribution is 2.26. The maximum Gasteiger partial charge on any atom is 0.263 e. The summed E-state index contributed by atoms with van der Waals surface area (Å²) in [6.07, 6.45) is -0.650. The molecule has 0 radical (unpaired) electrons. The van der Waals surface area contributed by atoms with Gasteiger partial charge >= 0.3 is 0 Å². The number of rotatable bonds is 3. The molecular weight excluding hydrogens is 318 g/mol. The molecule has 1 saturated heterocycles. The third-order valence-electron chi connectivity index (χ3n) is 3.23. The van der Waals surface area contributed by atoms with E-state index in [4.69, 9.17) is 16.3 Å². The summed E-state index contributed by atoms with van der Waals surface area (Å²) in [5, 5.41) is 3.44. The van der Waals surface area contributed by atoms with Crippen LogP contribution < -0.4 is 10.1 Å². The number of nitrogens with zero attached hydrogens (tertiary/aromatic N) is 1. The molecule has 1 aliphatic rings. The van der Waals surface area contributed by atoms with Crippen molar-refractivity contribution in [2.75, 3.05) is 19.6 Å². The van der Waals surface area contributed by atoms with Crippen LogP contribution in [0.15, 0.2) is 18.2 Å². The molecule has 7 heteroatoms. The minimum Gasteiger partial charge on any atom is -0.479 e. The number of carbonyl (C=O) groups excluding carboxylic acids is 1. The molecule has 4 nitrogen and oxygen atoms in total. The van der Waals surface area contributed by atoms with E-state index < -0.39 is 11.9 Å². The Kier molecular flexibility index (Phi) is 6.71. The first kappa shape index (κ1) is 18.0. The van der Waals surface area contributed by atoms with E-state index in [1.54, 1.807) is 11.8 Å². The molecule has 2 unspecified atom stereocenters. The van der Waals surface area contributed by atoms with Crippen LogP contribution in [0.3, 0.4) is 0 Å². The van der Waals surface area contributed by atoms with Gasteiger partial charge in [0.1, 0.15) is 11.6 Å². The average molecular weight is 337 g/mol. The number of hydrogen-bond donors (Lipinski definition) is 1. The second-order valence-corrected chi connectivity index (χ2v) is 5.38. The largest absolute Gasteiger partial charge is 0.479 e. The maximum atomic E-state index is 13.0. The predicted molar refractivity (Wildman–Crippen MR) is 82.8 cm³/mol. The number of nitrogens with one attached hydrogen (secondary N) is 1. The van der Waals surface area contributed by atoms with E-state index in [9.17, 15) is 9.18 Å². The highest BCUT2D eigenvalue weighted by molar-refractivity contribution is 6.32. The molecule has 2 atom stereocenters. The van der Waals surface area contributed by atoms with Gasteiger partial charge in [-0.1, -0.05) is 11.6 Å². The Morgan fingerprint density at radius 2 is 2.29 bits per heavy atom. The minimum atomic E-state index is -0.650. The number of halogens is 3. The van der Waals surface area contributed by atoms with E-state index in [0.29, 0.717) is 18.8 Å². The number of ether oxygens (including phenoxy) is 1.